The Morgan fingerprint density at radius 3 is 2.17 bits per heavy atom. The van der Waals surface area contributed by atoms with E-state index in [-0.39, 0.29) is 11.4 Å². The molecule has 0 aromatic heterocycles. The second-order valence-corrected chi connectivity index (χ2v) is 2.31. The summed E-state index contributed by atoms with van der Waals surface area (Å²) in [7, 11) is 0. The second kappa shape index (κ2) is 2.36. The molecule has 0 aromatic carbocycles. The highest BCUT2D eigenvalue weighted by Gasteiger charge is 2.54. The van der Waals surface area contributed by atoms with Gasteiger partial charge in [0.25, 0.3) is 0 Å². The Morgan fingerprint density at radius 2 is 1.92 bits per heavy atom. The molecule has 1 fully saturated rings. The Hall–Kier alpha value is -1.27. The first-order valence-corrected chi connectivity index (χ1v) is 2.94. The Kier molecular flexibility index (Phi) is 1.73. The molecule has 0 aliphatic carbocycles. The monoisotopic (exact) mass is 183 g/mol. The molecule has 1 atom stereocenters. The molecule has 1 amide bonds. The van der Waals surface area contributed by atoms with Crippen molar-refractivity contribution in [1.29, 1.82) is 0 Å². The molecule has 0 spiro atoms. The smallest absolute Gasteiger partial charge is 0.471 e. The summed E-state index contributed by atoms with van der Waals surface area (Å²) in [5.41, 5.74) is 0. The fourth-order valence-corrected chi connectivity index (χ4v) is 0.738. The van der Waals surface area contributed by atoms with Crippen LogP contribution in [-0.2, 0) is 9.59 Å². The lowest BCUT2D eigenvalue weighted by Gasteiger charge is -2.04. The molecule has 1 unspecified atom stereocenters. The van der Waals surface area contributed by atoms with Crippen molar-refractivity contribution in [1.82, 2.24) is 4.90 Å². The van der Waals surface area contributed by atoms with Gasteiger partial charge >= 0.3 is 18.1 Å². The number of nitrogens with zero attached hydrogens (tertiary/aromatic N) is 1. The number of carbonyl (C=O) groups is 2. The Morgan fingerprint density at radius 1 is 1.42 bits per heavy atom. The fourth-order valence-electron chi connectivity index (χ4n) is 0.738. The molecule has 0 saturated carbocycles. The van der Waals surface area contributed by atoms with E-state index in [0.717, 1.165) is 0 Å². The lowest BCUT2D eigenvalue weighted by atomic mass is 10.5. The third-order valence-corrected chi connectivity index (χ3v) is 1.40. The predicted molar refractivity (Wildman–Crippen MR) is 29.2 cm³/mol. The van der Waals surface area contributed by atoms with Crippen molar-refractivity contribution in [3.63, 3.8) is 0 Å². The third kappa shape index (κ3) is 1.49. The summed E-state index contributed by atoms with van der Waals surface area (Å²) < 4.78 is 34.8. The topological polar surface area (TPSA) is 57.4 Å². The molecule has 12 heavy (non-hydrogen) atoms. The van der Waals surface area contributed by atoms with E-state index in [1.54, 1.807) is 0 Å². The van der Waals surface area contributed by atoms with Crippen LogP contribution in [0.15, 0.2) is 0 Å². The van der Waals surface area contributed by atoms with Crippen molar-refractivity contribution in [2.75, 3.05) is 6.54 Å². The average molecular weight is 183 g/mol. The molecular formula is C5H4F3NO3. The van der Waals surface area contributed by atoms with Gasteiger partial charge in [0.1, 0.15) is 6.04 Å². The summed E-state index contributed by atoms with van der Waals surface area (Å²) >= 11 is 0. The number of carboxylic acid groups (broad SMARTS) is 1. The zero-order chi connectivity index (χ0) is 9.52. The molecule has 0 bridgehead atoms. The summed E-state index contributed by atoms with van der Waals surface area (Å²) in [6.45, 7) is -0.353. The number of carboxylic acids is 1. The molecule has 68 valence electrons. The molecule has 1 saturated heterocycles. The number of carbonyl (C=O) groups excluding carboxylic acids is 1. The number of hydrogen-bond acceptors (Lipinski definition) is 2. The second-order valence-electron chi connectivity index (χ2n) is 2.31. The fraction of sp³-hybridized carbons (Fsp3) is 0.600. The quantitative estimate of drug-likeness (QED) is 0.575. The molecular weight excluding hydrogens is 179 g/mol. The first-order chi connectivity index (χ1) is 5.34. The number of hydrogen-bond donors (Lipinski definition) is 1. The van der Waals surface area contributed by atoms with E-state index >= 15 is 0 Å². The Bertz CT molecular complexity index is 237. The van der Waals surface area contributed by atoms with Crippen LogP contribution in [0.3, 0.4) is 0 Å². The van der Waals surface area contributed by atoms with Gasteiger partial charge in [-0.15, -0.1) is 0 Å². The van der Waals surface area contributed by atoms with Crippen LogP contribution in [0.2, 0.25) is 0 Å². The summed E-state index contributed by atoms with van der Waals surface area (Å²) in [6.07, 6.45) is -4.97. The molecule has 1 aliphatic rings. The molecule has 0 radical (unpaired) electrons. The van der Waals surface area contributed by atoms with Gasteiger partial charge in [-0.05, 0) is 0 Å². The standard InChI is InChI=1S/C5H4F3NO3/c6-5(7,8)4(12)9-1-2(9)3(10)11/h2H,1H2,(H,10,11). The van der Waals surface area contributed by atoms with Gasteiger partial charge in [-0.3, -0.25) is 4.79 Å². The largest absolute Gasteiger partial charge is 0.480 e. The van der Waals surface area contributed by atoms with Crippen molar-refractivity contribution in [2.45, 2.75) is 12.2 Å². The van der Waals surface area contributed by atoms with Gasteiger partial charge in [-0.1, -0.05) is 0 Å². The van der Waals surface area contributed by atoms with Crippen molar-refractivity contribution in [3.05, 3.63) is 0 Å². The summed E-state index contributed by atoms with van der Waals surface area (Å²) in [5.74, 6) is -3.50. The normalized spacial score (nSPS) is 22.2. The first kappa shape index (κ1) is 8.82. The van der Waals surface area contributed by atoms with Crippen LogP contribution >= 0.6 is 0 Å². The molecule has 1 aliphatic heterocycles. The lowest BCUT2D eigenvalue weighted by molar-refractivity contribution is -0.180. The van der Waals surface area contributed by atoms with Crippen LogP contribution in [0.5, 0.6) is 0 Å². The van der Waals surface area contributed by atoms with E-state index in [2.05, 4.69) is 0 Å². The van der Waals surface area contributed by atoms with Gasteiger partial charge in [0.15, 0.2) is 0 Å². The van der Waals surface area contributed by atoms with Crippen molar-refractivity contribution >= 4 is 11.9 Å². The van der Waals surface area contributed by atoms with Gasteiger partial charge in [0.2, 0.25) is 0 Å². The van der Waals surface area contributed by atoms with Crippen LogP contribution in [0, 0.1) is 0 Å². The van der Waals surface area contributed by atoms with Crippen LogP contribution in [0.1, 0.15) is 0 Å². The molecule has 7 heteroatoms. The van der Waals surface area contributed by atoms with Gasteiger partial charge in [-0.2, -0.15) is 13.2 Å². The number of aliphatic carboxylic acids is 1. The SMILES string of the molecule is O=C(O)C1CN1C(=O)C(F)(F)F. The van der Waals surface area contributed by atoms with E-state index in [9.17, 15) is 22.8 Å². The average Bonchev–Trinajstić information content (AvgIpc) is 2.61. The van der Waals surface area contributed by atoms with Crippen molar-refractivity contribution in [2.24, 2.45) is 0 Å². The Labute approximate surface area is 64.6 Å². The third-order valence-electron chi connectivity index (χ3n) is 1.40. The van der Waals surface area contributed by atoms with Gasteiger partial charge in [0.05, 0.1) is 6.54 Å². The number of halogens is 3. The molecule has 0 aromatic rings. The van der Waals surface area contributed by atoms with Crippen LogP contribution in [0.4, 0.5) is 13.2 Å². The molecule has 1 N–H and O–H groups in total. The van der Waals surface area contributed by atoms with E-state index < -0.39 is 24.1 Å². The molecule has 4 nitrogen and oxygen atoms in total. The maximum atomic E-state index is 11.6. The highest BCUT2D eigenvalue weighted by Crippen LogP contribution is 2.26. The number of rotatable bonds is 1. The minimum Gasteiger partial charge on any atom is -0.480 e. The summed E-state index contributed by atoms with van der Waals surface area (Å²) in [4.78, 5) is 20.6. The Balaban J connectivity index is 2.55. The maximum Gasteiger partial charge on any atom is 0.471 e. The van der Waals surface area contributed by atoms with E-state index in [1.165, 1.54) is 0 Å². The minimum absolute atomic E-state index is 0.252. The lowest BCUT2D eigenvalue weighted by Crippen LogP contribution is -2.32. The van der Waals surface area contributed by atoms with E-state index in [0.29, 0.717) is 0 Å². The van der Waals surface area contributed by atoms with Crippen molar-refractivity contribution in [3.8, 4) is 0 Å². The van der Waals surface area contributed by atoms with E-state index in [4.69, 9.17) is 5.11 Å². The van der Waals surface area contributed by atoms with Gasteiger partial charge in [-0.25, -0.2) is 4.79 Å². The van der Waals surface area contributed by atoms with Crippen LogP contribution in [-0.4, -0.2) is 40.6 Å². The van der Waals surface area contributed by atoms with Crippen molar-refractivity contribution < 1.29 is 27.9 Å². The molecule has 1 rings (SSSR count). The van der Waals surface area contributed by atoms with Crippen LogP contribution < -0.4 is 0 Å². The van der Waals surface area contributed by atoms with Crippen LogP contribution in [0.25, 0.3) is 0 Å². The highest BCUT2D eigenvalue weighted by molar-refractivity contribution is 5.91. The van der Waals surface area contributed by atoms with E-state index in [1.807, 2.05) is 0 Å². The summed E-state index contributed by atoms with van der Waals surface area (Å²) in [6, 6.07) is -1.29. The zero-order valence-electron chi connectivity index (χ0n) is 5.63. The zero-order valence-corrected chi connectivity index (χ0v) is 5.63. The predicted octanol–water partition coefficient (Wildman–Crippen LogP) is -0.156. The molecule has 1 heterocycles. The summed E-state index contributed by atoms with van der Waals surface area (Å²) in [5, 5.41) is 8.18. The highest BCUT2D eigenvalue weighted by atomic mass is 19.4. The van der Waals surface area contributed by atoms with Gasteiger partial charge in [0, 0.05) is 0 Å². The minimum atomic E-state index is -4.97. The van der Waals surface area contributed by atoms with Gasteiger partial charge < -0.3 is 10.0 Å². The number of amides is 1. The number of alkyl halides is 3. The maximum absolute atomic E-state index is 11.6. The first-order valence-electron chi connectivity index (χ1n) is 2.94.